The van der Waals surface area contributed by atoms with E-state index in [9.17, 15) is 18.0 Å². The Balaban J connectivity index is 1.76. The Morgan fingerprint density at radius 1 is 0.920 bits per heavy atom. The summed E-state index contributed by atoms with van der Waals surface area (Å²) in [5.41, 5.74) is 0.603. The van der Waals surface area contributed by atoms with Gasteiger partial charge in [0.1, 0.15) is 17.3 Å². The second-order valence-electron chi connectivity index (χ2n) is 5.24. The number of alkyl halides is 3. The minimum absolute atomic E-state index is 0.190. The highest BCUT2D eigenvalue weighted by Gasteiger charge is 2.38. The number of hydrogen-bond donors (Lipinski definition) is 1. The van der Waals surface area contributed by atoms with Crippen molar-refractivity contribution >= 4 is 17.4 Å². The van der Waals surface area contributed by atoms with E-state index in [1.807, 2.05) is 0 Å². The van der Waals surface area contributed by atoms with Gasteiger partial charge in [-0.1, -0.05) is 6.07 Å². The first kappa shape index (κ1) is 15.2. The molecule has 1 N–H and O–H groups in total. The van der Waals surface area contributed by atoms with E-state index in [-0.39, 0.29) is 16.8 Å². The molecule has 0 radical (unpaired) electrons. The van der Waals surface area contributed by atoms with Gasteiger partial charge in [0.25, 0.3) is 0 Å². The molecule has 0 atom stereocenters. The zero-order valence-electron chi connectivity index (χ0n) is 12.4. The first-order valence-corrected chi connectivity index (χ1v) is 7.11. The highest BCUT2D eigenvalue weighted by molar-refractivity contribution is 6.20. The van der Waals surface area contributed by atoms with E-state index in [4.69, 9.17) is 0 Å². The number of nitrogens with zero attached hydrogens (tertiary/aromatic N) is 4. The summed E-state index contributed by atoms with van der Waals surface area (Å²) in [5, 5.41) is 2.96. The van der Waals surface area contributed by atoms with Crippen molar-refractivity contribution in [3.63, 3.8) is 0 Å². The Morgan fingerprint density at radius 2 is 1.72 bits per heavy atom. The van der Waals surface area contributed by atoms with Crippen LogP contribution in [0.5, 0.6) is 0 Å². The molecule has 0 unspecified atom stereocenters. The number of halogens is 3. The molecule has 0 amide bonds. The summed E-state index contributed by atoms with van der Waals surface area (Å²) in [4.78, 5) is 27.2. The molecular formula is C16H8F3N5O. The predicted molar refractivity (Wildman–Crippen MR) is 81.2 cm³/mol. The molecule has 3 heterocycles. The van der Waals surface area contributed by atoms with Crippen molar-refractivity contribution < 1.29 is 18.0 Å². The average Bonchev–Trinajstić information content (AvgIpc) is 2.87. The van der Waals surface area contributed by atoms with E-state index in [0.717, 1.165) is 6.20 Å². The summed E-state index contributed by atoms with van der Waals surface area (Å²) < 4.78 is 38.3. The number of nitrogens with one attached hydrogen (secondary N) is 1. The first-order chi connectivity index (χ1) is 11.9. The Morgan fingerprint density at radius 3 is 2.44 bits per heavy atom. The molecule has 0 fully saturated rings. The molecule has 1 aliphatic carbocycles. The van der Waals surface area contributed by atoms with Gasteiger partial charge in [0, 0.05) is 29.7 Å². The van der Waals surface area contributed by atoms with Crippen molar-refractivity contribution in [3.05, 3.63) is 59.9 Å². The molecule has 9 heteroatoms. The fraction of sp³-hybridized carbons (Fsp3) is 0.0625. The van der Waals surface area contributed by atoms with E-state index in [0.29, 0.717) is 17.2 Å². The number of rotatable bonds is 2. The van der Waals surface area contributed by atoms with Gasteiger partial charge in [-0.2, -0.15) is 13.2 Å². The summed E-state index contributed by atoms with van der Waals surface area (Å²) in [6.45, 7) is 0. The lowest BCUT2D eigenvalue weighted by Gasteiger charge is -2.07. The fourth-order valence-electron chi connectivity index (χ4n) is 2.51. The van der Waals surface area contributed by atoms with Gasteiger partial charge in [0.15, 0.2) is 0 Å². The second-order valence-corrected chi connectivity index (χ2v) is 5.24. The zero-order valence-corrected chi connectivity index (χ0v) is 12.4. The van der Waals surface area contributed by atoms with Crippen LogP contribution in [0.1, 0.15) is 21.9 Å². The molecule has 124 valence electrons. The Kier molecular flexibility index (Phi) is 3.24. The van der Waals surface area contributed by atoms with Crippen molar-refractivity contribution in [2.24, 2.45) is 0 Å². The van der Waals surface area contributed by atoms with Gasteiger partial charge >= 0.3 is 6.18 Å². The summed E-state index contributed by atoms with van der Waals surface area (Å²) in [6.07, 6.45) is -0.799. The molecule has 0 aromatic carbocycles. The number of aromatic nitrogens is 4. The standard InChI is InChI=1S/C16H8F3N5O/c17-16(18,19)15-22-6-9-8-5-12(23-11-3-1-2-4-20-11)21-7-10(8)14(25)13(9)24-15/h1-7H,(H,20,21,23). The molecule has 1 aliphatic rings. The molecule has 3 aromatic rings. The Bertz CT molecular complexity index is 989. The normalized spacial score (nSPS) is 12.7. The van der Waals surface area contributed by atoms with E-state index in [1.54, 1.807) is 30.5 Å². The second kappa shape index (κ2) is 5.33. The number of hydrogen-bond acceptors (Lipinski definition) is 6. The van der Waals surface area contributed by atoms with Gasteiger partial charge in [-0.05, 0) is 18.2 Å². The van der Waals surface area contributed by atoms with Crippen LogP contribution in [0.3, 0.4) is 0 Å². The topological polar surface area (TPSA) is 80.7 Å². The summed E-state index contributed by atoms with van der Waals surface area (Å²) in [5.74, 6) is -0.997. The number of pyridine rings is 2. The quantitative estimate of drug-likeness (QED) is 0.602. The third-order valence-electron chi connectivity index (χ3n) is 3.62. The van der Waals surface area contributed by atoms with Crippen molar-refractivity contribution in [3.8, 4) is 11.1 Å². The largest absolute Gasteiger partial charge is 0.451 e. The molecule has 3 aromatic heterocycles. The lowest BCUT2D eigenvalue weighted by molar-refractivity contribution is -0.145. The van der Waals surface area contributed by atoms with Crippen molar-refractivity contribution in [1.82, 2.24) is 19.9 Å². The van der Waals surface area contributed by atoms with Crippen molar-refractivity contribution in [2.75, 3.05) is 5.32 Å². The minimum atomic E-state index is -4.71. The number of fused-ring (bicyclic) bond motifs is 3. The maximum Gasteiger partial charge on any atom is 0.451 e. The number of anilines is 2. The molecule has 0 aliphatic heterocycles. The van der Waals surface area contributed by atoms with Crippen LogP contribution in [0.15, 0.2) is 42.9 Å². The van der Waals surface area contributed by atoms with Crippen LogP contribution in [-0.4, -0.2) is 25.7 Å². The lowest BCUT2D eigenvalue weighted by atomic mass is 10.1. The van der Waals surface area contributed by atoms with Crippen LogP contribution in [-0.2, 0) is 6.18 Å². The van der Waals surface area contributed by atoms with Gasteiger partial charge in [0.2, 0.25) is 11.6 Å². The van der Waals surface area contributed by atoms with E-state index < -0.39 is 17.8 Å². The molecule has 0 bridgehead atoms. The third-order valence-corrected chi connectivity index (χ3v) is 3.62. The smallest absolute Gasteiger partial charge is 0.325 e. The lowest BCUT2D eigenvalue weighted by Crippen LogP contribution is -2.13. The van der Waals surface area contributed by atoms with E-state index >= 15 is 0 Å². The van der Waals surface area contributed by atoms with E-state index in [2.05, 4.69) is 25.3 Å². The van der Waals surface area contributed by atoms with E-state index in [1.165, 1.54) is 6.20 Å². The van der Waals surface area contributed by atoms with Gasteiger partial charge < -0.3 is 5.32 Å². The van der Waals surface area contributed by atoms with Gasteiger partial charge in [0.05, 0.1) is 5.56 Å². The van der Waals surface area contributed by atoms with Gasteiger partial charge in [-0.3, -0.25) is 4.79 Å². The molecule has 4 rings (SSSR count). The SMILES string of the molecule is O=C1c2cnc(Nc3ccccn3)cc2-c2cnc(C(F)(F)F)nc21. The van der Waals surface area contributed by atoms with Gasteiger partial charge in [-0.25, -0.2) is 19.9 Å². The number of ketones is 1. The van der Waals surface area contributed by atoms with Crippen LogP contribution in [0.4, 0.5) is 24.8 Å². The number of carbonyl (C=O) groups is 1. The van der Waals surface area contributed by atoms with Crippen LogP contribution < -0.4 is 5.32 Å². The third kappa shape index (κ3) is 2.59. The minimum Gasteiger partial charge on any atom is -0.325 e. The van der Waals surface area contributed by atoms with Crippen molar-refractivity contribution in [1.29, 1.82) is 0 Å². The zero-order chi connectivity index (χ0) is 17.6. The Hall–Kier alpha value is -3.36. The summed E-state index contributed by atoms with van der Waals surface area (Å²) >= 11 is 0. The van der Waals surface area contributed by atoms with Crippen LogP contribution in [0.2, 0.25) is 0 Å². The van der Waals surface area contributed by atoms with Crippen LogP contribution >= 0.6 is 0 Å². The molecular weight excluding hydrogens is 335 g/mol. The molecule has 6 nitrogen and oxygen atoms in total. The van der Waals surface area contributed by atoms with Gasteiger partial charge in [-0.15, -0.1) is 0 Å². The fourth-order valence-corrected chi connectivity index (χ4v) is 2.51. The first-order valence-electron chi connectivity index (χ1n) is 7.11. The highest BCUT2D eigenvalue weighted by Crippen LogP contribution is 2.37. The molecule has 0 saturated heterocycles. The maximum atomic E-state index is 12.8. The molecule has 25 heavy (non-hydrogen) atoms. The Labute approximate surface area is 138 Å². The number of carbonyl (C=O) groups excluding carboxylic acids is 1. The highest BCUT2D eigenvalue weighted by atomic mass is 19.4. The maximum absolute atomic E-state index is 12.8. The summed E-state index contributed by atoms with van der Waals surface area (Å²) in [7, 11) is 0. The van der Waals surface area contributed by atoms with Crippen LogP contribution in [0.25, 0.3) is 11.1 Å². The molecule has 0 spiro atoms. The predicted octanol–water partition coefficient (Wildman–Crippen LogP) is 3.24. The molecule has 0 saturated carbocycles. The average molecular weight is 343 g/mol. The monoisotopic (exact) mass is 343 g/mol. The van der Waals surface area contributed by atoms with Crippen molar-refractivity contribution in [2.45, 2.75) is 6.18 Å². The summed E-state index contributed by atoms with van der Waals surface area (Å²) in [6, 6.07) is 6.83. The van der Waals surface area contributed by atoms with Crippen LogP contribution in [0, 0.1) is 0 Å².